The van der Waals surface area contributed by atoms with E-state index in [4.69, 9.17) is 10.6 Å². The largest absolute Gasteiger partial charge is 0.496 e. The van der Waals surface area contributed by atoms with Gasteiger partial charge in [-0.15, -0.1) is 0 Å². The third-order valence-corrected chi connectivity index (χ3v) is 3.87. The highest BCUT2D eigenvalue weighted by Crippen LogP contribution is 2.27. The van der Waals surface area contributed by atoms with Crippen molar-refractivity contribution in [3.63, 3.8) is 0 Å². The van der Waals surface area contributed by atoms with E-state index in [0.717, 1.165) is 18.6 Å². The number of nitrogens with two attached hydrogens (primary N) is 1. The Morgan fingerprint density at radius 1 is 1.14 bits per heavy atom. The molecule has 21 heavy (non-hydrogen) atoms. The topological polar surface area (TPSA) is 47.3 Å². The summed E-state index contributed by atoms with van der Waals surface area (Å²) >= 11 is 0. The Morgan fingerprint density at radius 2 is 1.90 bits per heavy atom. The maximum absolute atomic E-state index is 5.81. The van der Waals surface area contributed by atoms with E-state index < -0.39 is 0 Å². The molecule has 0 aliphatic rings. The Bertz CT molecular complexity index is 596. The molecule has 0 amide bonds. The van der Waals surface area contributed by atoms with Crippen molar-refractivity contribution in [2.24, 2.45) is 5.84 Å². The number of methoxy groups -OCH3 is 1. The van der Waals surface area contributed by atoms with Gasteiger partial charge in [-0.25, -0.2) is 0 Å². The van der Waals surface area contributed by atoms with E-state index in [1.807, 2.05) is 6.07 Å². The predicted molar refractivity (Wildman–Crippen MR) is 87.3 cm³/mol. The van der Waals surface area contributed by atoms with Crippen molar-refractivity contribution in [1.29, 1.82) is 0 Å². The van der Waals surface area contributed by atoms with E-state index in [0.29, 0.717) is 0 Å². The summed E-state index contributed by atoms with van der Waals surface area (Å²) in [4.78, 5) is 0. The minimum atomic E-state index is 0.0804. The van der Waals surface area contributed by atoms with E-state index in [2.05, 4.69) is 55.7 Å². The van der Waals surface area contributed by atoms with E-state index in [9.17, 15) is 0 Å². The number of hydrogen-bond acceptors (Lipinski definition) is 3. The Kier molecular flexibility index (Phi) is 5.37. The summed E-state index contributed by atoms with van der Waals surface area (Å²) in [6.45, 7) is 4.26. The maximum Gasteiger partial charge on any atom is 0.122 e. The van der Waals surface area contributed by atoms with Gasteiger partial charge in [0.1, 0.15) is 5.75 Å². The SMILES string of the molecule is CCc1ccccc1C(Cc1cc(C)ccc1OC)NN. The van der Waals surface area contributed by atoms with Gasteiger partial charge >= 0.3 is 0 Å². The molecule has 0 radical (unpaired) electrons. The van der Waals surface area contributed by atoms with Gasteiger partial charge in [-0.3, -0.25) is 11.3 Å². The van der Waals surface area contributed by atoms with Crippen molar-refractivity contribution in [1.82, 2.24) is 5.43 Å². The fourth-order valence-electron chi connectivity index (χ4n) is 2.74. The van der Waals surface area contributed by atoms with Crippen LogP contribution in [-0.2, 0) is 12.8 Å². The van der Waals surface area contributed by atoms with Gasteiger partial charge in [0.25, 0.3) is 0 Å². The van der Waals surface area contributed by atoms with Crippen molar-refractivity contribution >= 4 is 0 Å². The smallest absolute Gasteiger partial charge is 0.122 e. The number of hydrogen-bond donors (Lipinski definition) is 2. The first-order valence-electron chi connectivity index (χ1n) is 7.37. The van der Waals surface area contributed by atoms with Gasteiger partial charge in [-0.1, -0.05) is 48.9 Å². The highest BCUT2D eigenvalue weighted by Gasteiger charge is 2.16. The van der Waals surface area contributed by atoms with Crippen LogP contribution in [0, 0.1) is 6.92 Å². The fraction of sp³-hybridized carbons (Fsp3) is 0.333. The van der Waals surface area contributed by atoms with Crippen molar-refractivity contribution in [2.45, 2.75) is 32.7 Å². The standard InChI is InChI=1S/C18H24N2O/c1-4-14-7-5-6-8-16(14)17(20-19)12-15-11-13(2)9-10-18(15)21-3/h5-11,17,20H,4,12,19H2,1-3H3. The second-order valence-electron chi connectivity index (χ2n) is 5.29. The van der Waals surface area contributed by atoms with Gasteiger partial charge in [-0.2, -0.15) is 0 Å². The van der Waals surface area contributed by atoms with E-state index in [1.165, 1.54) is 22.3 Å². The Hall–Kier alpha value is -1.84. The molecule has 0 aliphatic carbocycles. The first kappa shape index (κ1) is 15.5. The molecule has 0 saturated carbocycles. The lowest BCUT2D eigenvalue weighted by molar-refractivity contribution is 0.405. The van der Waals surface area contributed by atoms with Gasteiger partial charge in [0, 0.05) is 0 Å². The van der Waals surface area contributed by atoms with E-state index in [-0.39, 0.29) is 6.04 Å². The average molecular weight is 284 g/mol. The maximum atomic E-state index is 5.81. The van der Waals surface area contributed by atoms with Crippen LogP contribution in [0.15, 0.2) is 42.5 Å². The van der Waals surface area contributed by atoms with Gasteiger partial charge in [0.05, 0.1) is 13.2 Å². The molecule has 3 heteroatoms. The van der Waals surface area contributed by atoms with Crippen LogP contribution < -0.4 is 16.0 Å². The summed E-state index contributed by atoms with van der Waals surface area (Å²) in [6, 6.07) is 14.8. The lowest BCUT2D eigenvalue weighted by Crippen LogP contribution is -2.30. The molecule has 2 aromatic carbocycles. The van der Waals surface area contributed by atoms with Crippen molar-refractivity contribution in [2.75, 3.05) is 7.11 Å². The van der Waals surface area contributed by atoms with Crippen molar-refractivity contribution in [3.8, 4) is 5.75 Å². The van der Waals surface area contributed by atoms with E-state index >= 15 is 0 Å². The number of aryl methyl sites for hydroxylation is 2. The molecule has 3 N–H and O–H groups in total. The summed E-state index contributed by atoms with van der Waals surface area (Å²) < 4.78 is 5.47. The summed E-state index contributed by atoms with van der Waals surface area (Å²) in [6.07, 6.45) is 1.80. The fourth-order valence-corrected chi connectivity index (χ4v) is 2.74. The summed E-state index contributed by atoms with van der Waals surface area (Å²) in [5, 5.41) is 0. The predicted octanol–water partition coefficient (Wildman–Crippen LogP) is 3.31. The first-order chi connectivity index (χ1) is 10.2. The third kappa shape index (κ3) is 3.63. The Balaban J connectivity index is 2.33. The van der Waals surface area contributed by atoms with Crippen LogP contribution in [0.3, 0.4) is 0 Å². The molecule has 0 saturated heterocycles. The number of nitrogens with one attached hydrogen (secondary N) is 1. The molecule has 0 spiro atoms. The van der Waals surface area contributed by atoms with Crippen LogP contribution in [-0.4, -0.2) is 7.11 Å². The molecule has 0 bridgehead atoms. The van der Waals surface area contributed by atoms with E-state index in [1.54, 1.807) is 7.11 Å². The lowest BCUT2D eigenvalue weighted by Gasteiger charge is -2.21. The van der Waals surface area contributed by atoms with Crippen LogP contribution in [0.25, 0.3) is 0 Å². The lowest BCUT2D eigenvalue weighted by atomic mass is 9.93. The number of ether oxygens (including phenoxy) is 1. The molecule has 0 aliphatic heterocycles. The molecule has 0 fully saturated rings. The molecule has 0 aromatic heterocycles. The molecule has 112 valence electrons. The first-order valence-corrected chi connectivity index (χ1v) is 7.37. The van der Waals surface area contributed by atoms with Gasteiger partial charge in [0.2, 0.25) is 0 Å². The molecule has 3 nitrogen and oxygen atoms in total. The third-order valence-electron chi connectivity index (χ3n) is 3.87. The second-order valence-corrected chi connectivity index (χ2v) is 5.29. The molecule has 1 atom stereocenters. The zero-order valence-corrected chi connectivity index (χ0v) is 13.0. The van der Waals surface area contributed by atoms with Crippen LogP contribution in [0.5, 0.6) is 5.75 Å². The van der Waals surface area contributed by atoms with Crippen molar-refractivity contribution in [3.05, 3.63) is 64.7 Å². The number of benzene rings is 2. The van der Waals surface area contributed by atoms with Crippen LogP contribution in [0.1, 0.15) is 35.2 Å². The Morgan fingerprint density at radius 3 is 2.57 bits per heavy atom. The minimum absolute atomic E-state index is 0.0804. The molecule has 0 heterocycles. The van der Waals surface area contributed by atoms with Gasteiger partial charge in [0.15, 0.2) is 0 Å². The molecule has 2 aromatic rings. The quantitative estimate of drug-likeness (QED) is 0.632. The zero-order chi connectivity index (χ0) is 15.2. The second kappa shape index (κ2) is 7.25. The number of hydrazine groups is 1. The summed E-state index contributed by atoms with van der Waals surface area (Å²) in [5.74, 6) is 6.73. The van der Waals surface area contributed by atoms with Crippen LogP contribution >= 0.6 is 0 Å². The van der Waals surface area contributed by atoms with Crippen LogP contribution in [0.2, 0.25) is 0 Å². The molecular formula is C18H24N2O. The number of rotatable bonds is 6. The average Bonchev–Trinajstić information content (AvgIpc) is 2.52. The minimum Gasteiger partial charge on any atom is -0.496 e. The highest BCUT2D eigenvalue weighted by molar-refractivity contribution is 5.39. The molecule has 2 rings (SSSR count). The zero-order valence-electron chi connectivity index (χ0n) is 13.0. The monoisotopic (exact) mass is 284 g/mol. The summed E-state index contributed by atoms with van der Waals surface area (Å²) in [5.41, 5.74) is 7.94. The Labute approximate surface area is 127 Å². The van der Waals surface area contributed by atoms with Gasteiger partial charge in [-0.05, 0) is 42.5 Å². The van der Waals surface area contributed by atoms with Crippen molar-refractivity contribution < 1.29 is 4.74 Å². The normalized spacial score (nSPS) is 12.2. The van der Waals surface area contributed by atoms with Crippen LogP contribution in [0.4, 0.5) is 0 Å². The highest BCUT2D eigenvalue weighted by atomic mass is 16.5. The van der Waals surface area contributed by atoms with Gasteiger partial charge < -0.3 is 4.74 Å². The summed E-state index contributed by atoms with van der Waals surface area (Å²) in [7, 11) is 1.71. The molecular weight excluding hydrogens is 260 g/mol. The molecule has 1 unspecified atom stereocenters.